The summed E-state index contributed by atoms with van der Waals surface area (Å²) in [6.45, 7) is 0.987. The Bertz CT molecular complexity index is 1200. The molecule has 1 N–H and O–H groups in total. The average Bonchev–Trinajstić information content (AvgIpc) is 3.10. The zero-order chi connectivity index (χ0) is 22.9. The van der Waals surface area contributed by atoms with Crippen molar-refractivity contribution in [3.05, 3.63) is 53.6 Å². The number of ether oxygens (including phenoxy) is 2. The van der Waals surface area contributed by atoms with Crippen molar-refractivity contribution in [3.63, 3.8) is 0 Å². The molecule has 10 heteroatoms. The first kappa shape index (κ1) is 21.8. The Balaban J connectivity index is 1.45. The first-order chi connectivity index (χ1) is 15.3. The van der Waals surface area contributed by atoms with Gasteiger partial charge in [0, 0.05) is 24.6 Å². The van der Waals surface area contributed by atoms with Crippen molar-refractivity contribution >= 4 is 33.4 Å². The van der Waals surface area contributed by atoms with Gasteiger partial charge in [-0.15, -0.1) is 4.40 Å². The summed E-state index contributed by atoms with van der Waals surface area (Å²) < 4.78 is 38.5. The van der Waals surface area contributed by atoms with Crippen LogP contribution in [0.15, 0.2) is 51.8 Å². The van der Waals surface area contributed by atoms with Crippen LogP contribution in [0.5, 0.6) is 5.75 Å². The largest absolute Gasteiger partial charge is 0.497 e. The zero-order valence-corrected chi connectivity index (χ0v) is 18.5. The number of hydrogen-bond donors (Lipinski definition) is 1. The fraction of sp³-hybridized carbons (Fsp3) is 0.318. The maximum atomic E-state index is 12.9. The van der Waals surface area contributed by atoms with Gasteiger partial charge in [-0.2, -0.15) is 8.42 Å². The lowest BCUT2D eigenvalue weighted by Crippen LogP contribution is -2.41. The molecule has 2 aliphatic heterocycles. The number of methoxy groups -OCH3 is 2. The fourth-order valence-electron chi connectivity index (χ4n) is 3.94. The Morgan fingerprint density at radius 1 is 1.09 bits per heavy atom. The molecule has 0 unspecified atom stereocenters. The monoisotopic (exact) mass is 457 g/mol. The van der Waals surface area contributed by atoms with Crippen LogP contribution in [-0.4, -0.2) is 58.3 Å². The average molecular weight is 458 g/mol. The zero-order valence-electron chi connectivity index (χ0n) is 17.7. The van der Waals surface area contributed by atoms with Gasteiger partial charge in [0.15, 0.2) is 5.84 Å². The Kier molecular flexibility index (Phi) is 5.88. The van der Waals surface area contributed by atoms with Gasteiger partial charge in [-0.1, -0.05) is 12.1 Å². The van der Waals surface area contributed by atoms with E-state index in [-0.39, 0.29) is 22.3 Å². The minimum Gasteiger partial charge on any atom is -0.497 e. The molecule has 0 atom stereocenters. The fourth-order valence-corrected chi connectivity index (χ4v) is 5.17. The van der Waals surface area contributed by atoms with E-state index in [0.29, 0.717) is 48.8 Å². The molecular weight excluding hydrogens is 434 g/mol. The highest BCUT2D eigenvalue weighted by Gasteiger charge is 2.34. The molecular formula is C22H23N3O6S. The van der Waals surface area contributed by atoms with Gasteiger partial charge in [0.1, 0.15) is 10.6 Å². The van der Waals surface area contributed by atoms with Gasteiger partial charge in [0.05, 0.1) is 25.5 Å². The second-order valence-corrected chi connectivity index (χ2v) is 9.11. The highest BCUT2D eigenvalue weighted by molar-refractivity contribution is 7.90. The molecule has 0 aromatic heterocycles. The summed E-state index contributed by atoms with van der Waals surface area (Å²) in [5, 5.41) is 2.82. The molecule has 0 radical (unpaired) electrons. The summed E-state index contributed by atoms with van der Waals surface area (Å²) in [6.07, 6.45) is 1.05. The third kappa shape index (κ3) is 4.05. The number of nitrogens with zero attached hydrogens (tertiary/aromatic N) is 2. The molecule has 9 nitrogen and oxygen atoms in total. The maximum absolute atomic E-state index is 12.9. The number of anilines is 1. The maximum Gasteiger partial charge on any atom is 0.340 e. The number of benzene rings is 2. The van der Waals surface area contributed by atoms with E-state index in [1.165, 1.54) is 20.3 Å². The second kappa shape index (κ2) is 8.62. The van der Waals surface area contributed by atoms with E-state index < -0.39 is 16.0 Å². The molecule has 0 spiro atoms. The topological polar surface area (TPSA) is 114 Å². The summed E-state index contributed by atoms with van der Waals surface area (Å²) in [5.41, 5.74) is 1.15. The molecule has 1 fully saturated rings. The minimum atomic E-state index is -3.68. The predicted octanol–water partition coefficient (Wildman–Crippen LogP) is 2.28. The molecule has 1 saturated heterocycles. The van der Waals surface area contributed by atoms with Gasteiger partial charge in [0.2, 0.25) is 5.91 Å². The number of carbonyl (C=O) groups excluding carboxylic acids is 2. The Morgan fingerprint density at radius 2 is 1.81 bits per heavy atom. The van der Waals surface area contributed by atoms with E-state index in [0.717, 1.165) is 0 Å². The van der Waals surface area contributed by atoms with Crippen molar-refractivity contribution in [3.8, 4) is 5.75 Å². The van der Waals surface area contributed by atoms with Crippen molar-refractivity contribution < 1.29 is 27.5 Å². The number of piperidine rings is 1. The minimum absolute atomic E-state index is 0.207. The Labute approximate surface area is 186 Å². The van der Waals surface area contributed by atoms with Gasteiger partial charge < -0.3 is 19.7 Å². The van der Waals surface area contributed by atoms with Crippen LogP contribution in [0.4, 0.5) is 5.69 Å². The lowest BCUT2D eigenvalue weighted by Gasteiger charge is -2.32. The van der Waals surface area contributed by atoms with Gasteiger partial charge in [-0.05, 0) is 43.2 Å². The van der Waals surface area contributed by atoms with Gasteiger partial charge in [-0.3, -0.25) is 4.79 Å². The second-order valence-electron chi connectivity index (χ2n) is 7.54. The van der Waals surface area contributed by atoms with Gasteiger partial charge in [0.25, 0.3) is 10.0 Å². The van der Waals surface area contributed by atoms with E-state index in [1.54, 1.807) is 36.4 Å². The molecule has 4 rings (SSSR count). The van der Waals surface area contributed by atoms with Crippen LogP contribution in [0.3, 0.4) is 0 Å². The van der Waals surface area contributed by atoms with E-state index in [4.69, 9.17) is 9.47 Å². The van der Waals surface area contributed by atoms with Crippen LogP contribution in [-0.2, 0) is 19.6 Å². The SMILES string of the molecule is COC(=O)c1cc(OC)ccc1NC(=O)C1CCN(C2=NS(=O)(=O)c3ccccc32)CC1. The predicted molar refractivity (Wildman–Crippen MR) is 117 cm³/mol. The normalized spacial score (nSPS) is 17.3. The van der Waals surface area contributed by atoms with E-state index in [2.05, 4.69) is 9.71 Å². The van der Waals surface area contributed by atoms with Crippen LogP contribution >= 0.6 is 0 Å². The van der Waals surface area contributed by atoms with Crippen LogP contribution in [0.1, 0.15) is 28.8 Å². The number of amidine groups is 1. The molecule has 0 saturated carbocycles. The summed E-state index contributed by atoms with van der Waals surface area (Å²) >= 11 is 0. The van der Waals surface area contributed by atoms with E-state index in [9.17, 15) is 18.0 Å². The number of hydrogen-bond acceptors (Lipinski definition) is 7. The number of likely N-dealkylation sites (tertiary alicyclic amines) is 1. The summed E-state index contributed by atoms with van der Waals surface area (Å²) in [5.74, 6) is -0.158. The highest BCUT2D eigenvalue weighted by Crippen LogP contribution is 2.30. The number of sulfonamides is 1. The molecule has 2 aromatic rings. The molecule has 32 heavy (non-hydrogen) atoms. The summed E-state index contributed by atoms with van der Waals surface area (Å²) in [4.78, 5) is 27.1. The summed E-state index contributed by atoms with van der Waals surface area (Å²) in [7, 11) is -0.925. The number of amides is 1. The number of nitrogens with one attached hydrogen (secondary N) is 1. The van der Waals surface area contributed by atoms with Crippen molar-refractivity contribution in [2.24, 2.45) is 10.3 Å². The Hall–Kier alpha value is -3.40. The molecule has 168 valence electrons. The quantitative estimate of drug-likeness (QED) is 0.701. The highest BCUT2D eigenvalue weighted by atomic mass is 32.2. The molecule has 0 aliphatic carbocycles. The third-order valence-electron chi connectivity index (χ3n) is 5.67. The van der Waals surface area contributed by atoms with Crippen molar-refractivity contribution in [1.82, 2.24) is 4.90 Å². The number of carbonyl (C=O) groups is 2. The van der Waals surface area contributed by atoms with Crippen LogP contribution in [0.25, 0.3) is 0 Å². The lowest BCUT2D eigenvalue weighted by molar-refractivity contribution is -0.120. The lowest BCUT2D eigenvalue weighted by atomic mass is 9.95. The molecule has 1 amide bonds. The first-order valence-corrected chi connectivity index (χ1v) is 11.5. The van der Waals surface area contributed by atoms with Crippen molar-refractivity contribution in [2.45, 2.75) is 17.7 Å². The van der Waals surface area contributed by atoms with Gasteiger partial charge in [-0.25, -0.2) is 4.79 Å². The van der Waals surface area contributed by atoms with Crippen molar-refractivity contribution in [2.75, 3.05) is 32.6 Å². The number of fused-ring (bicyclic) bond motifs is 1. The molecule has 2 aliphatic rings. The summed E-state index contributed by atoms with van der Waals surface area (Å²) in [6, 6.07) is 11.5. The van der Waals surface area contributed by atoms with E-state index in [1.807, 2.05) is 4.90 Å². The standard InChI is InChI=1S/C22H23N3O6S/c1-30-15-7-8-18(17(13-15)22(27)31-2)23-21(26)14-9-11-25(12-10-14)20-16-5-3-4-6-19(16)32(28,29)24-20/h3-8,13-14H,9-12H2,1-2H3,(H,23,26). The first-order valence-electron chi connectivity index (χ1n) is 10.1. The molecule has 2 aromatic carbocycles. The van der Waals surface area contributed by atoms with E-state index >= 15 is 0 Å². The number of esters is 1. The van der Waals surface area contributed by atoms with Crippen LogP contribution in [0.2, 0.25) is 0 Å². The van der Waals surface area contributed by atoms with Gasteiger partial charge >= 0.3 is 5.97 Å². The number of rotatable bonds is 4. The smallest absolute Gasteiger partial charge is 0.340 e. The third-order valence-corrected chi connectivity index (χ3v) is 6.99. The molecule has 0 bridgehead atoms. The van der Waals surface area contributed by atoms with Crippen LogP contribution < -0.4 is 10.1 Å². The Morgan fingerprint density at radius 3 is 2.50 bits per heavy atom. The van der Waals surface area contributed by atoms with Crippen molar-refractivity contribution in [1.29, 1.82) is 0 Å². The van der Waals surface area contributed by atoms with Crippen LogP contribution in [0, 0.1) is 5.92 Å². The molecule has 2 heterocycles.